The smallest absolute Gasteiger partial charge is 0.191 e. The molecule has 9 heteroatoms. The van der Waals surface area contributed by atoms with E-state index in [4.69, 9.17) is 14.5 Å². The summed E-state index contributed by atoms with van der Waals surface area (Å²) in [6, 6.07) is 0.459. The van der Waals surface area contributed by atoms with Gasteiger partial charge in [0.25, 0.3) is 0 Å². The van der Waals surface area contributed by atoms with Crippen LogP contribution in [0.4, 0.5) is 0 Å². The fraction of sp³-hybridized carbons (Fsp3) is 0.857. The Bertz CT molecular complexity index is 664. The van der Waals surface area contributed by atoms with Gasteiger partial charge in [0.1, 0.15) is 12.4 Å². The molecule has 2 fully saturated rings. The molecule has 2 N–H and O–H groups in total. The van der Waals surface area contributed by atoms with Crippen molar-refractivity contribution in [1.29, 1.82) is 0 Å². The summed E-state index contributed by atoms with van der Waals surface area (Å²) in [5, 5.41) is 15.4. The van der Waals surface area contributed by atoms with Gasteiger partial charge in [0.05, 0.1) is 19.3 Å². The largest absolute Gasteiger partial charge is 0.379 e. The first kappa shape index (κ1) is 23.0. The summed E-state index contributed by atoms with van der Waals surface area (Å²) in [6.07, 6.45) is 3.65. The van der Waals surface area contributed by atoms with Gasteiger partial charge in [-0.2, -0.15) is 0 Å². The molecule has 0 radical (unpaired) electrons. The Labute approximate surface area is 180 Å². The molecule has 2 aliphatic rings. The van der Waals surface area contributed by atoms with Crippen molar-refractivity contribution < 1.29 is 9.47 Å². The summed E-state index contributed by atoms with van der Waals surface area (Å²) < 4.78 is 13.3. The number of rotatable bonds is 9. The second-order valence-corrected chi connectivity index (χ2v) is 8.72. The van der Waals surface area contributed by atoms with Crippen LogP contribution in [0, 0.1) is 12.8 Å². The average molecular weight is 422 g/mol. The van der Waals surface area contributed by atoms with Gasteiger partial charge < -0.3 is 24.7 Å². The molecule has 3 rings (SSSR count). The van der Waals surface area contributed by atoms with E-state index in [1.807, 2.05) is 18.5 Å². The van der Waals surface area contributed by atoms with E-state index < -0.39 is 0 Å². The maximum absolute atomic E-state index is 5.77. The van der Waals surface area contributed by atoms with Crippen LogP contribution >= 0.6 is 0 Å². The molecular weight excluding hydrogens is 382 g/mol. The Kier molecular flexibility index (Phi) is 8.89. The maximum atomic E-state index is 5.77. The van der Waals surface area contributed by atoms with E-state index in [1.165, 1.54) is 0 Å². The third-order valence-corrected chi connectivity index (χ3v) is 5.89. The normalized spacial score (nSPS) is 21.9. The first-order chi connectivity index (χ1) is 14.5. The van der Waals surface area contributed by atoms with Crippen molar-refractivity contribution in [2.75, 3.05) is 46.0 Å². The third-order valence-electron chi connectivity index (χ3n) is 5.89. The highest BCUT2D eigenvalue weighted by Crippen LogP contribution is 2.13. The molecule has 1 aromatic heterocycles. The minimum Gasteiger partial charge on any atom is -0.379 e. The lowest BCUT2D eigenvalue weighted by atomic mass is 10.0. The van der Waals surface area contributed by atoms with Gasteiger partial charge in [-0.25, -0.2) is 4.99 Å². The van der Waals surface area contributed by atoms with Crippen LogP contribution in [0.1, 0.15) is 44.8 Å². The Morgan fingerprint density at radius 3 is 2.63 bits per heavy atom. The number of morpholine rings is 1. The number of aryl methyl sites for hydroxylation is 1. The summed E-state index contributed by atoms with van der Waals surface area (Å²) in [7, 11) is 1.98. The van der Waals surface area contributed by atoms with Crippen molar-refractivity contribution >= 4 is 5.96 Å². The molecule has 0 saturated carbocycles. The highest BCUT2D eigenvalue weighted by molar-refractivity contribution is 5.79. The first-order valence-corrected chi connectivity index (χ1v) is 11.3. The van der Waals surface area contributed by atoms with E-state index in [9.17, 15) is 0 Å². The molecule has 9 nitrogen and oxygen atoms in total. The summed E-state index contributed by atoms with van der Waals surface area (Å²) >= 11 is 0. The van der Waals surface area contributed by atoms with Gasteiger partial charge in [0.15, 0.2) is 11.8 Å². The number of hydrogen-bond acceptors (Lipinski definition) is 6. The van der Waals surface area contributed by atoms with E-state index in [0.717, 1.165) is 82.9 Å². The van der Waals surface area contributed by atoms with E-state index >= 15 is 0 Å². The monoisotopic (exact) mass is 421 g/mol. The molecule has 0 aliphatic carbocycles. The molecule has 0 spiro atoms. The van der Waals surface area contributed by atoms with Crippen LogP contribution in [-0.2, 0) is 23.1 Å². The zero-order chi connectivity index (χ0) is 21.3. The van der Waals surface area contributed by atoms with Gasteiger partial charge in [0.2, 0.25) is 0 Å². The standard InChI is InChI=1S/C21H39N7O2/c1-16(2)12-18(28-7-10-29-11-8-28)13-22-21(23-14-19-6-5-9-30-19)24-15-20-26-25-17(3)27(20)4/h16,18-19H,5-15H2,1-4H3,(H2,22,23,24). The van der Waals surface area contributed by atoms with E-state index in [-0.39, 0.29) is 6.10 Å². The highest BCUT2D eigenvalue weighted by atomic mass is 16.5. The third kappa shape index (κ3) is 6.92. The summed E-state index contributed by atoms with van der Waals surface area (Å²) in [5.74, 6) is 3.21. The maximum Gasteiger partial charge on any atom is 0.191 e. The Balaban J connectivity index is 1.62. The molecule has 2 atom stereocenters. The van der Waals surface area contributed by atoms with Gasteiger partial charge >= 0.3 is 0 Å². The van der Waals surface area contributed by atoms with Crippen LogP contribution in [0.25, 0.3) is 0 Å². The topological polar surface area (TPSA) is 88.8 Å². The lowest BCUT2D eigenvalue weighted by Gasteiger charge is -2.35. The number of ether oxygens (including phenoxy) is 2. The Morgan fingerprint density at radius 2 is 2.00 bits per heavy atom. The Morgan fingerprint density at radius 1 is 1.20 bits per heavy atom. The fourth-order valence-corrected chi connectivity index (χ4v) is 3.99. The molecule has 2 saturated heterocycles. The second-order valence-electron chi connectivity index (χ2n) is 8.72. The molecule has 0 amide bonds. The zero-order valence-electron chi connectivity index (χ0n) is 19.1. The lowest BCUT2D eigenvalue weighted by molar-refractivity contribution is 0.0132. The molecule has 2 aliphatic heterocycles. The van der Waals surface area contributed by atoms with Gasteiger partial charge in [-0.15, -0.1) is 10.2 Å². The molecule has 2 unspecified atom stereocenters. The lowest BCUT2D eigenvalue weighted by Crippen LogP contribution is -2.51. The molecule has 30 heavy (non-hydrogen) atoms. The van der Waals surface area contributed by atoms with Crippen molar-refractivity contribution in [1.82, 2.24) is 30.3 Å². The van der Waals surface area contributed by atoms with Crippen LogP contribution in [-0.4, -0.2) is 83.8 Å². The predicted molar refractivity (Wildman–Crippen MR) is 117 cm³/mol. The number of guanidine groups is 1. The van der Waals surface area contributed by atoms with Crippen molar-refractivity contribution in [2.24, 2.45) is 18.0 Å². The minimum atomic E-state index is 0.264. The SMILES string of the molecule is Cc1nnc(CN=C(NCC2CCCO2)NCC(CC(C)C)N2CCOCC2)n1C. The quantitative estimate of drug-likeness (QED) is 0.456. The van der Waals surface area contributed by atoms with Crippen LogP contribution in [0.3, 0.4) is 0 Å². The minimum absolute atomic E-state index is 0.264. The number of aliphatic imine (C=N–C) groups is 1. The zero-order valence-corrected chi connectivity index (χ0v) is 19.1. The van der Waals surface area contributed by atoms with Gasteiger partial charge in [-0.1, -0.05) is 13.8 Å². The molecule has 170 valence electrons. The average Bonchev–Trinajstić information content (AvgIpc) is 3.37. The van der Waals surface area contributed by atoms with Gasteiger partial charge in [-0.3, -0.25) is 4.90 Å². The number of hydrogen-bond donors (Lipinski definition) is 2. The number of aromatic nitrogens is 3. The van der Waals surface area contributed by atoms with E-state index in [0.29, 0.717) is 18.5 Å². The molecule has 0 aromatic carbocycles. The Hall–Kier alpha value is -1.71. The van der Waals surface area contributed by atoms with Crippen molar-refractivity contribution in [3.05, 3.63) is 11.6 Å². The number of nitrogens with zero attached hydrogens (tertiary/aromatic N) is 5. The number of nitrogens with one attached hydrogen (secondary N) is 2. The molecular formula is C21H39N7O2. The van der Waals surface area contributed by atoms with Crippen LogP contribution in [0.15, 0.2) is 4.99 Å². The van der Waals surface area contributed by atoms with Gasteiger partial charge in [-0.05, 0) is 32.1 Å². The molecule has 3 heterocycles. The highest BCUT2D eigenvalue weighted by Gasteiger charge is 2.22. The van der Waals surface area contributed by atoms with Gasteiger partial charge in [0, 0.05) is 45.9 Å². The van der Waals surface area contributed by atoms with E-state index in [2.05, 4.69) is 39.6 Å². The van der Waals surface area contributed by atoms with Crippen LogP contribution in [0.2, 0.25) is 0 Å². The van der Waals surface area contributed by atoms with Crippen LogP contribution < -0.4 is 10.6 Å². The first-order valence-electron chi connectivity index (χ1n) is 11.3. The van der Waals surface area contributed by atoms with Crippen LogP contribution in [0.5, 0.6) is 0 Å². The van der Waals surface area contributed by atoms with Crippen molar-refractivity contribution in [3.63, 3.8) is 0 Å². The van der Waals surface area contributed by atoms with Crippen molar-refractivity contribution in [2.45, 2.75) is 58.7 Å². The summed E-state index contributed by atoms with van der Waals surface area (Å²) in [5.41, 5.74) is 0. The predicted octanol–water partition coefficient (Wildman–Crippen LogP) is 1.08. The van der Waals surface area contributed by atoms with E-state index in [1.54, 1.807) is 0 Å². The molecule has 1 aromatic rings. The summed E-state index contributed by atoms with van der Waals surface area (Å²) in [6.45, 7) is 13.1. The second kappa shape index (κ2) is 11.6. The molecule has 0 bridgehead atoms. The fourth-order valence-electron chi connectivity index (χ4n) is 3.99. The van der Waals surface area contributed by atoms with Crippen molar-refractivity contribution in [3.8, 4) is 0 Å². The summed E-state index contributed by atoms with van der Waals surface area (Å²) in [4.78, 5) is 7.34.